The van der Waals surface area contributed by atoms with E-state index < -0.39 is 5.25 Å². The number of carbonyl (C=O) groups excluding carboxylic acids is 1. The van der Waals surface area contributed by atoms with E-state index in [9.17, 15) is 14.0 Å². The Kier molecular flexibility index (Phi) is 6.19. The second kappa shape index (κ2) is 8.14. The van der Waals surface area contributed by atoms with Crippen molar-refractivity contribution in [3.8, 4) is 0 Å². The first kappa shape index (κ1) is 18.3. The Labute approximate surface area is 144 Å². The number of H-pyrrole nitrogens is 1. The molecule has 8 heteroatoms. The summed E-state index contributed by atoms with van der Waals surface area (Å²) < 4.78 is 14.8. The summed E-state index contributed by atoms with van der Waals surface area (Å²) in [7, 11) is 1.67. The number of benzene rings is 1. The molecule has 2 rings (SSSR count). The molecule has 1 atom stereocenters. The highest BCUT2D eigenvalue weighted by atomic mass is 32.2. The van der Waals surface area contributed by atoms with Gasteiger partial charge in [0.05, 0.1) is 5.25 Å². The number of hydrogen-bond donors (Lipinski definition) is 1. The molecule has 0 saturated heterocycles. The van der Waals surface area contributed by atoms with Gasteiger partial charge >= 0.3 is 5.69 Å². The Morgan fingerprint density at radius 1 is 1.50 bits per heavy atom. The third kappa shape index (κ3) is 4.47. The minimum atomic E-state index is -0.408. The van der Waals surface area contributed by atoms with Crippen LogP contribution in [0, 0.1) is 5.82 Å². The number of aromatic nitrogens is 3. The number of aromatic amines is 1. The van der Waals surface area contributed by atoms with Gasteiger partial charge in [0.15, 0.2) is 5.16 Å². The van der Waals surface area contributed by atoms with E-state index in [0.29, 0.717) is 18.2 Å². The monoisotopic (exact) mass is 352 g/mol. The lowest BCUT2D eigenvalue weighted by molar-refractivity contribution is -0.129. The van der Waals surface area contributed by atoms with E-state index in [2.05, 4.69) is 10.2 Å². The van der Waals surface area contributed by atoms with Gasteiger partial charge in [-0.15, -0.1) is 5.10 Å². The Morgan fingerprint density at radius 2 is 2.25 bits per heavy atom. The highest BCUT2D eigenvalue weighted by Crippen LogP contribution is 2.22. The average molecular weight is 352 g/mol. The number of carbonyl (C=O) groups is 1. The SMILES string of the molecule is CCCn1c(S[C@@H](C)C(=O)N(C)Cc2cccc(F)c2)n[nH]c1=O. The van der Waals surface area contributed by atoms with Crippen LogP contribution in [0.4, 0.5) is 4.39 Å². The zero-order valence-electron chi connectivity index (χ0n) is 14.0. The fourth-order valence-electron chi connectivity index (χ4n) is 2.32. The zero-order valence-corrected chi connectivity index (χ0v) is 14.8. The molecule has 0 fully saturated rings. The van der Waals surface area contributed by atoms with E-state index in [1.54, 1.807) is 31.0 Å². The third-order valence-electron chi connectivity index (χ3n) is 3.49. The largest absolute Gasteiger partial charge is 0.343 e. The normalized spacial score (nSPS) is 12.2. The van der Waals surface area contributed by atoms with Crippen LogP contribution < -0.4 is 5.69 Å². The number of halogens is 1. The average Bonchev–Trinajstić information content (AvgIpc) is 2.87. The summed E-state index contributed by atoms with van der Waals surface area (Å²) in [6.45, 7) is 4.61. The van der Waals surface area contributed by atoms with Crippen LogP contribution in [0.5, 0.6) is 0 Å². The third-order valence-corrected chi connectivity index (χ3v) is 4.56. The summed E-state index contributed by atoms with van der Waals surface area (Å²) in [6, 6.07) is 6.17. The minimum Gasteiger partial charge on any atom is -0.340 e. The first-order chi connectivity index (χ1) is 11.4. The van der Waals surface area contributed by atoms with Gasteiger partial charge in [-0.1, -0.05) is 30.8 Å². The topological polar surface area (TPSA) is 71.0 Å². The number of rotatable bonds is 7. The quantitative estimate of drug-likeness (QED) is 0.776. The molecule has 2 aromatic rings. The standard InChI is InChI=1S/C16H21FN4O2S/c1-4-8-21-15(23)18-19-16(21)24-11(2)14(22)20(3)10-12-6-5-7-13(17)9-12/h5-7,9,11H,4,8,10H2,1-3H3,(H,18,23)/t11-/m0/s1. The van der Waals surface area contributed by atoms with E-state index in [4.69, 9.17) is 0 Å². The Balaban J connectivity index is 2.02. The van der Waals surface area contributed by atoms with Crippen molar-refractivity contribution in [2.75, 3.05) is 7.05 Å². The predicted octanol–water partition coefficient (Wildman–Crippen LogP) is 2.26. The lowest BCUT2D eigenvalue weighted by Gasteiger charge is -2.21. The Morgan fingerprint density at radius 3 is 2.92 bits per heavy atom. The summed E-state index contributed by atoms with van der Waals surface area (Å²) in [5, 5.41) is 6.49. The van der Waals surface area contributed by atoms with E-state index >= 15 is 0 Å². The second-order valence-electron chi connectivity index (χ2n) is 5.55. The summed E-state index contributed by atoms with van der Waals surface area (Å²) in [4.78, 5) is 25.7. The van der Waals surface area contributed by atoms with Gasteiger partial charge in [0.25, 0.3) is 0 Å². The van der Waals surface area contributed by atoms with E-state index in [1.807, 2.05) is 6.92 Å². The van der Waals surface area contributed by atoms with Crippen LogP contribution in [0.3, 0.4) is 0 Å². The van der Waals surface area contributed by atoms with Crippen molar-refractivity contribution in [1.29, 1.82) is 0 Å². The highest BCUT2D eigenvalue weighted by molar-refractivity contribution is 8.00. The van der Waals surface area contributed by atoms with Gasteiger partial charge in [-0.25, -0.2) is 14.3 Å². The van der Waals surface area contributed by atoms with Crippen LogP contribution in [0.2, 0.25) is 0 Å². The second-order valence-corrected chi connectivity index (χ2v) is 6.86. The molecule has 0 radical (unpaired) electrons. The van der Waals surface area contributed by atoms with Crippen molar-refractivity contribution in [2.45, 2.75) is 43.8 Å². The van der Waals surface area contributed by atoms with Crippen LogP contribution in [0.15, 0.2) is 34.2 Å². The highest BCUT2D eigenvalue weighted by Gasteiger charge is 2.22. The molecular weight excluding hydrogens is 331 g/mol. The van der Waals surface area contributed by atoms with Crippen LogP contribution in [-0.4, -0.2) is 37.9 Å². The van der Waals surface area contributed by atoms with Gasteiger partial charge < -0.3 is 4.90 Å². The smallest absolute Gasteiger partial charge is 0.340 e. The maximum atomic E-state index is 13.2. The van der Waals surface area contributed by atoms with Gasteiger partial charge in [0.1, 0.15) is 5.82 Å². The number of nitrogens with one attached hydrogen (secondary N) is 1. The molecule has 0 bridgehead atoms. The summed E-state index contributed by atoms with van der Waals surface area (Å²) in [5.41, 5.74) is 0.456. The summed E-state index contributed by atoms with van der Waals surface area (Å²) in [6.07, 6.45) is 0.800. The van der Waals surface area contributed by atoms with Crippen molar-refractivity contribution < 1.29 is 9.18 Å². The van der Waals surface area contributed by atoms with E-state index in [-0.39, 0.29) is 17.4 Å². The Bertz CT molecular complexity index is 759. The van der Waals surface area contributed by atoms with Crippen molar-refractivity contribution in [3.05, 3.63) is 46.1 Å². The molecule has 0 spiro atoms. The van der Waals surface area contributed by atoms with Gasteiger partial charge in [0, 0.05) is 20.1 Å². The maximum Gasteiger partial charge on any atom is 0.343 e. The number of nitrogens with zero attached hydrogens (tertiary/aromatic N) is 3. The van der Waals surface area contributed by atoms with Gasteiger partial charge in [-0.3, -0.25) is 9.36 Å². The fraction of sp³-hybridized carbons (Fsp3) is 0.438. The first-order valence-electron chi connectivity index (χ1n) is 7.73. The molecule has 1 N–H and O–H groups in total. The number of thioether (sulfide) groups is 1. The lowest BCUT2D eigenvalue weighted by Crippen LogP contribution is -2.33. The van der Waals surface area contributed by atoms with Crippen molar-refractivity contribution >= 4 is 17.7 Å². The van der Waals surface area contributed by atoms with E-state index in [1.165, 1.54) is 28.5 Å². The first-order valence-corrected chi connectivity index (χ1v) is 8.61. The molecule has 130 valence electrons. The van der Waals surface area contributed by atoms with Crippen molar-refractivity contribution in [2.24, 2.45) is 0 Å². The van der Waals surface area contributed by atoms with Crippen LogP contribution >= 0.6 is 11.8 Å². The van der Waals surface area contributed by atoms with Crippen molar-refractivity contribution in [1.82, 2.24) is 19.7 Å². The molecular formula is C16H21FN4O2S. The van der Waals surface area contributed by atoms with E-state index in [0.717, 1.165) is 12.0 Å². The summed E-state index contributed by atoms with van der Waals surface area (Å²) in [5.74, 6) is -0.432. The van der Waals surface area contributed by atoms with Crippen molar-refractivity contribution in [3.63, 3.8) is 0 Å². The lowest BCUT2D eigenvalue weighted by atomic mass is 10.2. The van der Waals surface area contributed by atoms with Gasteiger partial charge in [-0.05, 0) is 31.0 Å². The zero-order chi connectivity index (χ0) is 17.7. The molecule has 24 heavy (non-hydrogen) atoms. The maximum absolute atomic E-state index is 13.2. The van der Waals surface area contributed by atoms with Gasteiger partial charge in [0.2, 0.25) is 5.91 Å². The minimum absolute atomic E-state index is 0.109. The molecule has 0 unspecified atom stereocenters. The summed E-state index contributed by atoms with van der Waals surface area (Å²) >= 11 is 1.24. The molecule has 6 nitrogen and oxygen atoms in total. The molecule has 1 aromatic heterocycles. The fourth-order valence-corrected chi connectivity index (χ4v) is 3.32. The molecule has 1 aromatic carbocycles. The Hall–Kier alpha value is -2.09. The number of hydrogen-bond acceptors (Lipinski definition) is 4. The molecule has 1 heterocycles. The van der Waals surface area contributed by atoms with Gasteiger partial charge in [-0.2, -0.15) is 0 Å². The number of amides is 1. The molecule has 0 aliphatic carbocycles. The molecule has 0 aliphatic heterocycles. The molecule has 0 saturated carbocycles. The predicted molar refractivity (Wildman–Crippen MR) is 91.3 cm³/mol. The van der Waals surface area contributed by atoms with Crippen LogP contribution in [0.1, 0.15) is 25.8 Å². The van der Waals surface area contributed by atoms with Crippen LogP contribution in [0.25, 0.3) is 0 Å². The molecule has 0 aliphatic rings. The van der Waals surface area contributed by atoms with Crippen LogP contribution in [-0.2, 0) is 17.9 Å². The molecule has 1 amide bonds.